The summed E-state index contributed by atoms with van der Waals surface area (Å²) in [5.41, 5.74) is -1.21. The summed E-state index contributed by atoms with van der Waals surface area (Å²) in [4.78, 5) is 46.1. The van der Waals surface area contributed by atoms with Crippen LogP contribution in [0.4, 0.5) is 26.6 Å². The summed E-state index contributed by atoms with van der Waals surface area (Å²) in [6.07, 6.45) is 2.02. The Balaban J connectivity index is 2.15. The Morgan fingerprint density at radius 2 is 1.97 bits per heavy atom. The number of carbonyl (C=O) groups excluding carboxylic acids is 2. The van der Waals surface area contributed by atoms with E-state index in [1.54, 1.807) is 39.1 Å². The van der Waals surface area contributed by atoms with E-state index in [-0.39, 0.29) is 40.1 Å². The van der Waals surface area contributed by atoms with E-state index < -0.39 is 17.7 Å². The Bertz CT molecular complexity index is 1260. The van der Waals surface area contributed by atoms with E-state index in [1.165, 1.54) is 22.2 Å². The SMILES string of the molecule is CC(C)n1cccc(Nc2cc(N(C)C(=O)OC(C)(C)C)n3ncc(C(=O)OF)c3n2)c1=O. The standard InChI is InChI=1S/C21H25FN6O5/c1-12(2)27-9-7-8-14(18(27)29)24-15-10-16(26(6)20(31)32-21(3,4)5)28-17(25-15)13(11-23-28)19(30)33-22/h7-12H,1-6H3,(H,24,25). The minimum Gasteiger partial charge on any atom is -0.443 e. The van der Waals surface area contributed by atoms with Crippen molar-refractivity contribution in [2.45, 2.75) is 46.3 Å². The zero-order valence-electron chi connectivity index (χ0n) is 19.1. The molecule has 0 aliphatic carbocycles. The Hall–Kier alpha value is -3.96. The highest BCUT2D eigenvalue weighted by Gasteiger charge is 2.26. The molecule has 1 amide bonds. The second-order valence-electron chi connectivity index (χ2n) is 8.55. The first kappa shape index (κ1) is 23.7. The number of ether oxygens (including phenoxy) is 1. The van der Waals surface area contributed by atoms with E-state index in [4.69, 9.17) is 4.74 Å². The molecule has 12 heteroatoms. The van der Waals surface area contributed by atoms with Crippen LogP contribution < -0.4 is 15.8 Å². The first-order valence-corrected chi connectivity index (χ1v) is 10.1. The van der Waals surface area contributed by atoms with Gasteiger partial charge in [-0.25, -0.2) is 19.5 Å². The molecule has 176 valence electrons. The van der Waals surface area contributed by atoms with E-state index in [0.717, 1.165) is 11.1 Å². The van der Waals surface area contributed by atoms with Crippen molar-refractivity contribution in [2.24, 2.45) is 0 Å². The molecule has 3 aromatic heterocycles. The van der Waals surface area contributed by atoms with Crippen molar-refractivity contribution in [1.29, 1.82) is 0 Å². The maximum Gasteiger partial charge on any atom is 0.415 e. The van der Waals surface area contributed by atoms with Gasteiger partial charge in [0.2, 0.25) is 0 Å². The first-order valence-electron chi connectivity index (χ1n) is 10.1. The van der Waals surface area contributed by atoms with Crippen molar-refractivity contribution in [3.8, 4) is 0 Å². The zero-order chi connectivity index (χ0) is 24.5. The molecule has 33 heavy (non-hydrogen) atoms. The second-order valence-corrected chi connectivity index (χ2v) is 8.55. The molecule has 0 fully saturated rings. The van der Waals surface area contributed by atoms with Crippen LogP contribution in [-0.4, -0.2) is 43.9 Å². The summed E-state index contributed by atoms with van der Waals surface area (Å²) < 4.78 is 20.7. The fraction of sp³-hybridized carbons (Fsp3) is 0.381. The van der Waals surface area contributed by atoms with Gasteiger partial charge in [0, 0.05) is 29.9 Å². The molecule has 0 bridgehead atoms. The van der Waals surface area contributed by atoms with Crippen molar-refractivity contribution in [3.05, 3.63) is 46.5 Å². The minimum atomic E-state index is -1.30. The van der Waals surface area contributed by atoms with Gasteiger partial charge in [0.15, 0.2) is 5.65 Å². The number of carbonyl (C=O) groups is 2. The number of pyridine rings is 1. The molecule has 0 unspecified atom stereocenters. The lowest BCUT2D eigenvalue weighted by Gasteiger charge is -2.25. The second kappa shape index (κ2) is 8.88. The van der Waals surface area contributed by atoms with Crippen LogP contribution in [0.25, 0.3) is 5.65 Å². The van der Waals surface area contributed by atoms with Crippen LogP contribution in [0.2, 0.25) is 0 Å². The molecule has 3 aromatic rings. The van der Waals surface area contributed by atoms with Gasteiger partial charge in [0.25, 0.3) is 5.56 Å². The lowest BCUT2D eigenvalue weighted by Crippen LogP contribution is -2.35. The highest BCUT2D eigenvalue weighted by atomic mass is 19.3. The Morgan fingerprint density at radius 1 is 1.27 bits per heavy atom. The average Bonchev–Trinajstić information content (AvgIpc) is 3.16. The van der Waals surface area contributed by atoms with Crippen molar-refractivity contribution >= 4 is 35.0 Å². The molecule has 0 atom stereocenters. The number of nitrogens with zero attached hydrogens (tertiary/aromatic N) is 5. The van der Waals surface area contributed by atoms with Crippen molar-refractivity contribution < 1.29 is 23.8 Å². The maximum atomic E-state index is 12.8. The Kier molecular flexibility index (Phi) is 6.38. The number of fused-ring (bicyclic) bond motifs is 1. The Labute approximate surface area is 188 Å². The monoisotopic (exact) mass is 460 g/mol. The van der Waals surface area contributed by atoms with Crippen molar-refractivity contribution in [2.75, 3.05) is 17.3 Å². The molecule has 0 aliphatic heterocycles. The van der Waals surface area contributed by atoms with E-state index >= 15 is 0 Å². The normalized spacial score (nSPS) is 11.5. The third-order valence-electron chi connectivity index (χ3n) is 4.55. The molecule has 3 heterocycles. The molecule has 0 saturated heterocycles. The fourth-order valence-electron chi connectivity index (χ4n) is 3.01. The predicted molar refractivity (Wildman–Crippen MR) is 119 cm³/mol. The van der Waals surface area contributed by atoms with Crippen LogP contribution in [-0.2, 0) is 9.68 Å². The van der Waals surface area contributed by atoms with Crippen LogP contribution in [0.15, 0.2) is 35.4 Å². The molecule has 0 saturated carbocycles. The lowest BCUT2D eigenvalue weighted by molar-refractivity contribution is -0.0786. The van der Waals surface area contributed by atoms with Gasteiger partial charge in [0.05, 0.1) is 6.20 Å². The summed E-state index contributed by atoms with van der Waals surface area (Å²) in [7, 11) is 1.44. The van der Waals surface area contributed by atoms with E-state index in [2.05, 4.69) is 20.3 Å². The number of hydrogen-bond acceptors (Lipinski definition) is 8. The average molecular weight is 460 g/mol. The van der Waals surface area contributed by atoms with E-state index in [0.29, 0.717) is 0 Å². The molecule has 0 radical (unpaired) electrons. The van der Waals surface area contributed by atoms with Crippen LogP contribution in [0.1, 0.15) is 51.0 Å². The van der Waals surface area contributed by atoms with Crippen LogP contribution >= 0.6 is 0 Å². The third-order valence-corrected chi connectivity index (χ3v) is 4.55. The predicted octanol–water partition coefficient (Wildman–Crippen LogP) is 3.63. The van der Waals surface area contributed by atoms with Gasteiger partial charge in [-0.05, 0) is 46.8 Å². The van der Waals surface area contributed by atoms with Gasteiger partial charge >= 0.3 is 12.1 Å². The summed E-state index contributed by atoms with van der Waals surface area (Å²) in [6.45, 7) is 8.87. The van der Waals surface area contributed by atoms with Gasteiger partial charge in [0.1, 0.15) is 28.5 Å². The number of hydrogen-bond donors (Lipinski definition) is 1. The van der Waals surface area contributed by atoms with Gasteiger partial charge in [-0.15, -0.1) is 0 Å². The van der Waals surface area contributed by atoms with Gasteiger partial charge in [-0.3, -0.25) is 9.69 Å². The summed E-state index contributed by atoms with van der Waals surface area (Å²) in [5.74, 6) is -1.04. The van der Waals surface area contributed by atoms with Gasteiger partial charge in [-0.1, -0.05) is 0 Å². The molecule has 0 aromatic carbocycles. The Morgan fingerprint density at radius 3 is 2.58 bits per heavy atom. The van der Waals surface area contributed by atoms with Gasteiger partial charge < -0.3 is 14.6 Å². The van der Waals surface area contributed by atoms with E-state index in [9.17, 15) is 18.9 Å². The largest absolute Gasteiger partial charge is 0.443 e. The minimum absolute atomic E-state index is 0.0793. The molecular formula is C21H25FN6O5. The maximum absolute atomic E-state index is 12.8. The topological polar surface area (TPSA) is 120 Å². The van der Waals surface area contributed by atoms with Crippen LogP contribution in [0.5, 0.6) is 0 Å². The third kappa shape index (κ3) is 4.94. The number of anilines is 3. The molecule has 3 rings (SSSR count). The van der Waals surface area contributed by atoms with E-state index in [1.807, 2.05) is 13.8 Å². The zero-order valence-corrected chi connectivity index (χ0v) is 19.1. The smallest absolute Gasteiger partial charge is 0.415 e. The van der Waals surface area contributed by atoms with Crippen LogP contribution in [0, 0.1) is 0 Å². The van der Waals surface area contributed by atoms with Crippen LogP contribution in [0.3, 0.4) is 0 Å². The molecular weight excluding hydrogens is 435 g/mol. The number of aromatic nitrogens is 4. The number of rotatable bonds is 5. The number of amides is 1. The highest BCUT2D eigenvalue weighted by molar-refractivity contribution is 5.96. The molecule has 11 nitrogen and oxygen atoms in total. The van der Waals surface area contributed by atoms with Crippen molar-refractivity contribution in [1.82, 2.24) is 19.2 Å². The summed E-state index contributed by atoms with van der Waals surface area (Å²) in [6, 6.07) is 4.63. The lowest BCUT2D eigenvalue weighted by atomic mass is 10.2. The molecule has 0 spiro atoms. The number of nitrogens with one attached hydrogen (secondary N) is 1. The molecule has 0 aliphatic rings. The fourth-order valence-corrected chi connectivity index (χ4v) is 3.01. The molecule has 1 N–H and O–H groups in total. The highest BCUT2D eigenvalue weighted by Crippen LogP contribution is 2.25. The van der Waals surface area contributed by atoms with Crippen molar-refractivity contribution in [3.63, 3.8) is 0 Å². The summed E-state index contributed by atoms with van der Waals surface area (Å²) in [5, 5.41) is 6.94. The summed E-state index contributed by atoms with van der Waals surface area (Å²) >= 11 is 0. The van der Waals surface area contributed by atoms with Gasteiger partial charge in [-0.2, -0.15) is 9.61 Å². The number of halogens is 1. The first-order chi connectivity index (χ1) is 15.4. The quantitative estimate of drug-likeness (QED) is 0.613.